The molecule has 5 rings (SSSR count). The Hall–Kier alpha value is -0.750. The van der Waals surface area contributed by atoms with Gasteiger partial charge in [-0.15, -0.1) is 57.1 Å². The molecule has 16 heteroatoms. The molecule has 2 aromatic heterocycles. The van der Waals surface area contributed by atoms with Crippen molar-refractivity contribution in [3.63, 3.8) is 0 Å². The lowest BCUT2D eigenvalue weighted by atomic mass is 9.93. The zero-order chi connectivity index (χ0) is 44.9. The minimum atomic E-state index is -1.37. The molecule has 1 aromatic carbocycles. The number of Topliss-reactive ketones (excluding diaryl/α,β-unsaturated/α-hetero) is 2. The van der Waals surface area contributed by atoms with Crippen LogP contribution in [0.2, 0.25) is 0 Å². The molecular weight excluding hydrogens is 917 g/mol. The van der Waals surface area contributed by atoms with Crippen molar-refractivity contribution >= 4 is 121 Å². The highest BCUT2D eigenvalue weighted by Gasteiger charge is 2.54. The Morgan fingerprint density at radius 3 is 1.90 bits per heavy atom. The summed E-state index contributed by atoms with van der Waals surface area (Å²) in [5.41, 5.74) is 0.722. The molecule has 1 fully saturated rings. The molecule has 7 nitrogen and oxygen atoms in total. The summed E-state index contributed by atoms with van der Waals surface area (Å²) in [4.78, 5) is 27.2. The Bertz CT molecular complexity index is 2010. The van der Waals surface area contributed by atoms with E-state index in [0.717, 1.165) is 35.1 Å². The molecule has 328 valence electrons. The number of thiocarbonyl (C=S) groups is 1. The number of fused-ring (bicyclic) bond motifs is 1. The van der Waals surface area contributed by atoms with Gasteiger partial charge in [-0.05, 0) is 93.1 Å². The van der Waals surface area contributed by atoms with Crippen molar-refractivity contribution in [1.82, 2.24) is 0 Å². The highest BCUT2D eigenvalue weighted by Crippen LogP contribution is 2.53. The molecule has 2 aliphatic rings. The highest BCUT2D eigenvalue weighted by atomic mass is 32.2. The molecule has 0 saturated carbocycles. The summed E-state index contributed by atoms with van der Waals surface area (Å²) < 4.78 is 24.5. The van der Waals surface area contributed by atoms with E-state index in [1.807, 2.05) is 74.1 Å². The van der Waals surface area contributed by atoms with Crippen molar-refractivity contribution in [3.8, 4) is 11.8 Å². The molecule has 3 aromatic rings. The monoisotopic (exact) mass is 976 g/mol. The Balaban J connectivity index is 0.000000274. The number of carbonyl (C=O) groups is 2. The summed E-state index contributed by atoms with van der Waals surface area (Å²) in [5.74, 6) is 5.15. The van der Waals surface area contributed by atoms with Crippen molar-refractivity contribution in [2.75, 3.05) is 25.6 Å². The molecule has 1 saturated heterocycles. The van der Waals surface area contributed by atoms with Gasteiger partial charge in [-0.25, -0.2) is 0 Å². The maximum atomic E-state index is 12.3. The Morgan fingerprint density at radius 1 is 0.847 bits per heavy atom. The maximum Gasteiger partial charge on any atom is 0.233 e. The van der Waals surface area contributed by atoms with Crippen LogP contribution in [-0.2, 0) is 40.5 Å². The smallest absolute Gasteiger partial charge is 0.233 e. The number of ketones is 2. The second kappa shape index (κ2) is 24.4. The second-order valence-corrected chi connectivity index (χ2v) is 25.8. The highest BCUT2D eigenvalue weighted by molar-refractivity contribution is 8.49. The van der Waals surface area contributed by atoms with E-state index in [9.17, 15) is 14.7 Å². The van der Waals surface area contributed by atoms with Crippen LogP contribution in [0.4, 0.5) is 0 Å². The Morgan fingerprint density at radius 2 is 1.39 bits per heavy atom. The normalized spacial score (nSPS) is 19.6. The SMILES string of the molecule is CCOC(C)C(=O)C#CC(C)(C)C.CCOC(C)C(=O)c1sc(=S)sc1C(C)(C)C.CCOC(C)C1(O)OC(C)(C)c2sc(=S)sc21.S=C1SCC(c2ccccc2)S1. The van der Waals surface area contributed by atoms with Gasteiger partial charge in [0, 0.05) is 41.1 Å². The molecule has 59 heavy (non-hydrogen) atoms. The molecule has 1 N–H and O–H groups in total. The number of benzene rings is 1. The van der Waals surface area contributed by atoms with E-state index in [-0.39, 0.29) is 28.5 Å². The summed E-state index contributed by atoms with van der Waals surface area (Å²) in [7, 11) is 0. The first-order valence-electron chi connectivity index (χ1n) is 19.4. The lowest BCUT2D eigenvalue weighted by molar-refractivity contribution is -0.296. The second-order valence-electron chi connectivity index (χ2n) is 15.9. The molecule has 4 heterocycles. The van der Waals surface area contributed by atoms with Crippen LogP contribution >= 0.6 is 106 Å². The Labute approximate surface area is 392 Å². The average molecular weight is 978 g/mol. The van der Waals surface area contributed by atoms with Crippen molar-refractivity contribution < 1.29 is 33.6 Å². The molecule has 0 radical (unpaired) electrons. The third-order valence-corrected chi connectivity index (χ3v) is 17.5. The van der Waals surface area contributed by atoms with Gasteiger partial charge in [0.15, 0.2) is 0 Å². The van der Waals surface area contributed by atoms with Crippen LogP contribution in [0, 0.1) is 23.5 Å². The van der Waals surface area contributed by atoms with Crippen LogP contribution in [-0.4, -0.2) is 64.1 Å². The van der Waals surface area contributed by atoms with Gasteiger partial charge < -0.3 is 24.1 Å². The van der Waals surface area contributed by atoms with Crippen molar-refractivity contribution in [3.05, 3.63) is 61.7 Å². The first-order chi connectivity index (χ1) is 27.3. The van der Waals surface area contributed by atoms with E-state index in [2.05, 4.69) is 62.9 Å². The number of carbonyl (C=O) groups excluding carboxylic acids is 2. The number of hydrogen-bond acceptors (Lipinski definition) is 16. The number of hydrogen-bond donors (Lipinski definition) is 1. The fraction of sp³-hybridized carbons (Fsp3) is 0.605. The quantitative estimate of drug-likeness (QED) is 0.0859. The molecule has 0 spiro atoms. The third-order valence-electron chi connectivity index (χ3n) is 8.20. The van der Waals surface area contributed by atoms with Crippen LogP contribution in [0.3, 0.4) is 0 Å². The zero-order valence-corrected chi connectivity index (χ0v) is 43.9. The topological polar surface area (TPSA) is 91.3 Å². The van der Waals surface area contributed by atoms with Crippen molar-refractivity contribution in [1.29, 1.82) is 0 Å². The average Bonchev–Trinajstić information content (AvgIpc) is 3.92. The van der Waals surface area contributed by atoms with Gasteiger partial charge in [-0.1, -0.05) is 105 Å². The number of aliphatic hydroxyl groups is 1. The minimum Gasteiger partial charge on any atom is -0.373 e. The summed E-state index contributed by atoms with van der Waals surface area (Å²) in [5, 5.41) is 11.3. The molecule has 5 unspecified atom stereocenters. The van der Waals surface area contributed by atoms with Gasteiger partial charge in [-0.3, -0.25) is 9.59 Å². The minimum absolute atomic E-state index is 0.0465. The van der Waals surface area contributed by atoms with Crippen LogP contribution < -0.4 is 0 Å². The first-order valence-corrected chi connectivity index (χ1v) is 25.7. The van der Waals surface area contributed by atoms with Gasteiger partial charge in [0.25, 0.3) is 0 Å². The lowest BCUT2D eigenvalue weighted by Crippen LogP contribution is -2.40. The van der Waals surface area contributed by atoms with Gasteiger partial charge in [0.2, 0.25) is 17.4 Å². The van der Waals surface area contributed by atoms with Crippen LogP contribution in [0.1, 0.15) is 132 Å². The van der Waals surface area contributed by atoms with E-state index in [0.29, 0.717) is 25.1 Å². The first kappa shape index (κ1) is 54.4. The van der Waals surface area contributed by atoms with Gasteiger partial charge in [0.1, 0.15) is 33.7 Å². The van der Waals surface area contributed by atoms with E-state index in [1.54, 1.807) is 36.9 Å². The van der Waals surface area contributed by atoms with E-state index >= 15 is 0 Å². The molecule has 0 aliphatic carbocycles. The molecule has 0 amide bonds. The number of thioether (sulfide) groups is 2. The molecule has 2 aliphatic heterocycles. The van der Waals surface area contributed by atoms with Crippen LogP contribution in [0.15, 0.2) is 30.3 Å². The molecular formula is C43H60O7S9. The maximum absolute atomic E-state index is 12.3. The fourth-order valence-electron chi connectivity index (χ4n) is 5.31. The predicted octanol–water partition coefficient (Wildman–Crippen LogP) is 13.3. The largest absolute Gasteiger partial charge is 0.373 e. The van der Waals surface area contributed by atoms with E-state index in [1.165, 1.54) is 39.6 Å². The number of rotatable bonds is 11. The summed E-state index contributed by atoms with van der Waals surface area (Å²) in [6.07, 6.45) is -1.20. The Kier molecular flexibility index (Phi) is 22.4. The van der Waals surface area contributed by atoms with E-state index < -0.39 is 23.6 Å². The predicted molar refractivity (Wildman–Crippen MR) is 264 cm³/mol. The molecule has 0 bridgehead atoms. The lowest BCUT2D eigenvalue weighted by Gasteiger charge is -2.31. The summed E-state index contributed by atoms with van der Waals surface area (Å²) in [6, 6.07) is 10.6. The van der Waals surface area contributed by atoms with Gasteiger partial charge >= 0.3 is 0 Å². The third kappa shape index (κ3) is 17.0. The van der Waals surface area contributed by atoms with E-state index in [4.69, 9.17) is 55.6 Å². The standard InChI is InChI=1S/C12H18O2S3.C11H16O3S3.C11H18O2.C9H8S3/c1-6-14-7(2)8(13)9-10(12(3,4)5)17-11(15)16-9;1-5-13-6(2)11(12)8-7(10(3,4)14-11)16-9(15)17-8;1-6-13-9(2)10(12)7-8-11(3,4)5;10-9-11-6-8(12-9)7-4-2-1-3-5-7/h7H,6H2,1-5H3;6,12H,5H2,1-4H3;9H,6H2,1-5H3;1-5,8H,6H2. The van der Waals surface area contributed by atoms with Crippen molar-refractivity contribution in [2.45, 2.75) is 137 Å². The van der Waals surface area contributed by atoms with Crippen LogP contribution in [0.5, 0.6) is 0 Å². The molecule has 5 atom stereocenters. The zero-order valence-electron chi connectivity index (χ0n) is 36.6. The summed E-state index contributed by atoms with van der Waals surface area (Å²) in [6.45, 7) is 28.7. The van der Waals surface area contributed by atoms with Gasteiger partial charge in [0.05, 0.1) is 14.6 Å². The fourth-order valence-corrected chi connectivity index (χ4v) is 14.0. The van der Waals surface area contributed by atoms with Crippen LogP contribution in [0.25, 0.3) is 0 Å². The number of ether oxygens (including phenoxy) is 4. The summed E-state index contributed by atoms with van der Waals surface area (Å²) >= 11 is 25.0. The van der Waals surface area contributed by atoms with Crippen molar-refractivity contribution in [2.24, 2.45) is 5.41 Å². The van der Waals surface area contributed by atoms with Gasteiger partial charge in [-0.2, -0.15) is 0 Å².